The molecule has 0 aliphatic carbocycles. The zero-order chi connectivity index (χ0) is 43.3. The van der Waals surface area contributed by atoms with Gasteiger partial charge in [-0.2, -0.15) is 0 Å². The van der Waals surface area contributed by atoms with Gasteiger partial charge in [0.1, 0.15) is 0 Å². The molecule has 0 saturated heterocycles. The van der Waals surface area contributed by atoms with E-state index in [0.29, 0.717) is 0 Å². The molecule has 308 valence electrons. The Kier molecular flexibility index (Phi) is 7.95. The van der Waals surface area contributed by atoms with E-state index in [9.17, 15) is 0 Å². The average Bonchev–Trinajstić information content (AvgIpc) is 4.13. The van der Waals surface area contributed by atoms with Crippen LogP contribution in [0.15, 0.2) is 243 Å². The molecule has 0 spiro atoms. The number of aromatic nitrogens is 4. The minimum Gasteiger partial charge on any atom is -0.314 e. The standard InChI is InChI=1S/C62H40N4/c1-4-16-45(17-5-1)63-40-62(50-24-12-13-25-55(50)63)66-60-34-30-43(41-28-32-58-51(36-41)48-22-10-14-26-56(48)64(58)46-18-6-2-7-19-46)38-53(60)54-39-44(31-35-61(54)66)42-29-33-59-52(37-42)49-23-11-15-27-57(49)65(59)47-20-8-3-9-21-47/h1-40H. The Morgan fingerprint density at radius 1 is 0.212 bits per heavy atom. The van der Waals surface area contributed by atoms with Gasteiger partial charge >= 0.3 is 0 Å². The van der Waals surface area contributed by atoms with Crippen molar-refractivity contribution in [2.75, 3.05) is 0 Å². The van der Waals surface area contributed by atoms with Gasteiger partial charge in [0.05, 0.1) is 44.3 Å². The summed E-state index contributed by atoms with van der Waals surface area (Å²) in [5.74, 6) is 0. The van der Waals surface area contributed by atoms with Crippen LogP contribution in [0.1, 0.15) is 0 Å². The molecule has 14 aromatic rings. The van der Waals surface area contributed by atoms with E-state index in [1.807, 2.05) is 0 Å². The zero-order valence-electron chi connectivity index (χ0n) is 35.9. The fourth-order valence-electron chi connectivity index (χ4n) is 10.8. The van der Waals surface area contributed by atoms with E-state index in [0.717, 1.165) is 22.7 Å². The Morgan fingerprint density at radius 2 is 0.530 bits per heavy atom. The van der Waals surface area contributed by atoms with Crippen molar-refractivity contribution < 1.29 is 0 Å². The van der Waals surface area contributed by atoms with Crippen molar-refractivity contribution >= 4 is 76.3 Å². The third kappa shape index (κ3) is 5.45. The molecule has 0 unspecified atom stereocenters. The summed E-state index contributed by atoms with van der Waals surface area (Å²) in [5, 5.41) is 8.63. The summed E-state index contributed by atoms with van der Waals surface area (Å²) in [6, 6.07) is 86.4. The highest BCUT2D eigenvalue weighted by Crippen LogP contribution is 2.42. The molecule has 0 saturated carbocycles. The van der Waals surface area contributed by atoms with Crippen LogP contribution in [0.5, 0.6) is 0 Å². The highest BCUT2D eigenvalue weighted by atomic mass is 15.1. The van der Waals surface area contributed by atoms with Crippen LogP contribution in [-0.2, 0) is 0 Å². The summed E-state index contributed by atoms with van der Waals surface area (Å²) in [6.07, 6.45) is 2.31. The molecule has 0 bridgehead atoms. The molecule has 14 rings (SSSR count). The second kappa shape index (κ2) is 14.3. The van der Waals surface area contributed by atoms with Gasteiger partial charge in [-0.3, -0.25) is 0 Å². The Labute approximate surface area is 380 Å². The summed E-state index contributed by atoms with van der Waals surface area (Å²) in [7, 11) is 0. The highest BCUT2D eigenvalue weighted by molar-refractivity contribution is 6.15. The highest BCUT2D eigenvalue weighted by Gasteiger charge is 2.21. The van der Waals surface area contributed by atoms with Gasteiger partial charge in [-0.05, 0) is 125 Å². The Morgan fingerprint density at radius 3 is 0.970 bits per heavy atom. The van der Waals surface area contributed by atoms with Crippen LogP contribution in [0.25, 0.3) is 121 Å². The van der Waals surface area contributed by atoms with Crippen LogP contribution in [0.2, 0.25) is 0 Å². The van der Waals surface area contributed by atoms with Crippen LogP contribution in [0.4, 0.5) is 0 Å². The second-order valence-corrected chi connectivity index (χ2v) is 17.4. The summed E-state index contributed by atoms with van der Waals surface area (Å²) >= 11 is 0. The minimum absolute atomic E-state index is 1.14. The van der Waals surface area contributed by atoms with E-state index >= 15 is 0 Å². The third-order valence-corrected chi connectivity index (χ3v) is 13.8. The lowest BCUT2D eigenvalue weighted by Gasteiger charge is -2.09. The van der Waals surface area contributed by atoms with Gasteiger partial charge in [0, 0.05) is 61.0 Å². The van der Waals surface area contributed by atoms with E-state index in [4.69, 9.17) is 0 Å². The van der Waals surface area contributed by atoms with Gasteiger partial charge in [-0.25, -0.2) is 0 Å². The van der Waals surface area contributed by atoms with Crippen LogP contribution in [-0.4, -0.2) is 18.3 Å². The summed E-state index contributed by atoms with van der Waals surface area (Å²) in [5.41, 5.74) is 17.7. The Bertz CT molecular complexity index is 3990. The molecular formula is C62H40N4. The van der Waals surface area contributed by atoms with E-state index in [-0.39, 0.29) is 0 Å². The summed E-state index contributed by atoms with van der Waals surface area (Å²) in [4.78, 5) is 0. The van der Waals surface area contributed by atoms with E-state index in [2.05, 4.69) is 261 Å². The van der Waals surface area contributed by atoms with Crippen LogP contribution in [0, 0.1) is 0 Å². The fraction of sp³-hybridized carbons (Fsp3) is 0. The Balaban J connectivity index is 0.997. The topological polar surface area (TPSA) is 19.7 Å². The number of rotatable bonds is 6. The first kappa shape index (κ1) is 36.6. The molecular weight excluding hydrogens is 801 g/mol. The maximum atomic E-state index is 2.48. The van der Waals surface area contributed by atoms with Gasteiger partial charge < -0.3 is 18.3 Å². The number of para-hydroxylation sites is 6. The monoisotopic (exact) mass is 840 g/mol. The zero-order valence-corrected chi connectivity index (χ0v) is 35.9. The maximum absolute atomic E-state index is 2.48. The van der Waals surface area contributed by atoms with Crippen LogP contribution in [0.3, 0.4) is 0 Å². The molecule has 0 N–H and O–H groups in total. The van der Waals surface area contributed by atoms with Gasteiger partial charge in [-0.15, -0.1) is 0 Å². The molecule has 10 aromatic carbocycles. The second-order valence-electron chi connectivity index (χ2n) is 17.4. The Hall–Kier alpha value is -8.86. The van der Waals surface area contributed by atoms with Crippen molar-refractivity contribution in [3.8, 4) is 45.0 Å². The molecule has 0 radical (unpaired) electrons. The number of nitrogens with zero attached hydrogens (tertiary/aromatic N) is 4. The SMILES string of the molecule is c1ccc(-n2cc(-n3c4ccc(-c5ccc6c(c5)c5ccccc5n6-c5ccccc5)cc4c4cc(-c5ccc6c(c5)c5ccccc5n6-c5ccccc5)ccc43)c3ccccc32)cc1. The molecule has 4 nitrogen and oxygen atoms in total. The number of benzene rings is 10. The predicted molar refractivity (Wildman–Crippen MR) is 277 cm³/mol. The predicted octanol–water partition coefficient (Wildman–Crippen LogP) is 16.3. The van der Waals surface area contributed by atoms with Crippen molar-refractivity contribution in [2.24, 2.45) is 0 Å². The van der Waals surface area contributed by atoms with Gasteiger partial charge in [-0.1, -0.05) is 133 Å². The first-order valence-corrected chi connectivity index (χ1v) is 22.7. The molecule has 4 aromatic heterocycles. The van der Waals surface area contributed by atoms with E-state index < -0.39 is 0 Å². The van der Waals surface area contributed by atoms with Crippen molar-refractivity contribution in [2.45, 2.75) is 0 Å². The normalized spacial score (nSPS) is 11.9. The number of hydrogen-bond donors (Lipinski definition) is 0. The van der Waals surface area contributed by atoms with Crippen molar-refractivity contribution in [1.29, 1.82) is 0 Å². The van der Waals surface area contributed by atoms with Crippen LogP contribution >= 0.6 is 0 Å². The van der Waals surface area contributed by atoms with Crippen molar-refractivity contribution in [1.82, 2.24) is 18.3 Å². The largest absolute Gasteiger partial charge is 0.314 e. The smallest absolute Gasteiger partial charge is 0.0721 e. The van der Waals surface area contributed by atoms with E-state index in [1.54, 1.807) is 0 Å². The summed E-state index contributed by atoms with van der Waals surface area (Å²) in [6.45, 7) is 0. The first-order valence-electron chi connectivity index (χ1n) is 22.7. The molecule has 0 fully saturated rings. The number of hydrogen-bond acceptors (Lipinski definition) is 0. The third-order valence-electron chi connectivity index (χ3n) is 13.8. The molecule has 0 aliphatic heterocycles. The van der Waals surface area contributed by atoms with E-state index in [1.165, 1.54) is 98.6 Å². The lowest BCUT2D eigenvalue weighted by atomic mass is 9.98. The van der Waals surface area contributed by atoms with Crippen molar-refractivity contribution in [3.05, 3.63) is 243 Å². The first-order chi connectivity index (χ1) is 32.7. The molecule has 4 heterocycles. The lowest BCUT2D eigenvalue weighted by molar-refractivity contribution is 1.10. The minimum atomic E-state index is 1.14. The molecule has 0 aliphatic rings. The fourth-order valence-corrected chi connectivity index (χ4v) is 10.8. The van der Waals surface area contributed by atoms with Gasteiger partial charge in [0.25, 0.3) is 0 Å². The van der Waals surface area contributed by atoms with Crippen molar-refractivity contribution in [3.63, 3.8) is 0 Å². The quantitative estimate of drug-likeness (QED) is 0.159. The lowest BCUT2D eigenvalue weighted by Crippen LogP contribution is -1.94. The molecule has 66 heavy (non-hydrogen) atoms. The molecule has 0 amide bonds. The average molecular weight is 841 g/mol. The number of fused-ring (bicyclic) bond motifs is 10. The van der Waals surface area contributed by atoms with Gasteiger partial charge in [0.15, 0.2) is 0 Å². The van der Waals surface area contributed by atoms with Gasteiger partial charge in [0.2, 0.25) is 0 Å². The molecule has 0 atom stereocenters. The van der Waals surface area contributed by atoms with Crippen LogP contribution < -0.4 is 0 Å². The molecule has 4 heteroatoms. The summed E-state index contributed by atoms with van der Waals surface area (Å²) < 4.78 is 9.57. The maximum Gasteiger partial charge on any atom is 0.0721 e.